The van der Waals surface area contributed by atoms with E-state index in [0.717, 1.165) is 52.5 Å². The maximum atomic E-state index is 5.36. The first-order valence-electron chi connectivity index (χ1n) is 7.39. The monoisotopic (exact) mass is 265 g/mol. The van der Waals surface area contributed by atoms with Crippen LogP contribution in [0.4, 0.5) is 0 Å². The molecular weight excluding hydrogens is 238 g/mol. The van der Waals surface area contributed by atoms with Crippen LogP contribution in [0.15, 0.2) is 18.5 Å². The van der Waals surface area contributed by atoms with Gasteiger partial charge in [0.1, 0.15) is 0 Å². The molecule has 0 aromatic carbocycles. The normalized spacial score (nSPS) is 17.2. The van der Waals surface area contributed by atoms with Gasteiger partial charge in [-0.2, -0.15) is 0 Å². The van der Waals surface area contributed by atoms with E-state index < -0.39 is 0 Å². The predicted molar refractivity (Wildman–Crippen MR) is 78.2 cm³/mol. The molecule has 1 aromatic heterocycles. The van der Waals surface area contributed by atoms with Crippen LogP contribution in [0, 0.1) is 5.92 Å². The molecular formula is C15H27N3O. The van der Waals surface area contributed by atoms with E-state index in [1.54, 1.807) is 0 Å². The highest BCUT2D eigenvalue weighted by molar-refractivity contribution is 5.09. The number of aromatic nitrogens is 1. The Kier molecular flexibility index (Phi) is 5.89. The van der Waals surface area contributed by atoms with Gasteiger partial charge in [0.15, 0.2) is 0 Å². The summed E-state index contributed by atoms with van der Waals surface area (Å²) in [6.07, 6.45) is 4.45. The summed E-state index contributed by atoms with van der Waals surface area (Å²) in [6.45, 7) is 12.6. The summed E-state index contributed by atoms with van der Waals surface area (Å²) in [5.41, 5.74) is 1.38. The summed E-state index contributed by atoms with van der Waals surface area (Å²) in [7, 11) is 0. The first kappa shape index (κ1) is 14.6. The van der Waals surface area contributed by atoms with E-state index in [4.69, 9.17) is 4.74 Å². The lowest BCUT2D eigenvalue weighted by molar-refractivity contribution is 0.0364. The highest BCUT2D eigenvalue weighted by atomic mass is 16.5. The average Bonchev–Trinajstić information content (AvgIpc) is 2.85. The number of hydrogen-bond acceptors (Lipinski definition) is 3. The molecule has 2 heterocycles. The van der Waals surface area contributed by atoms with Crippen LogP contribution in [-0.2, 0) is 17.8 Å². The van der Waals surface area contributed by atoms with Crippen molar-refractivity contribution in [3.05, 3.63) is 24.0 Å². The fourth-order valence-electron chi connectivity index (χ4n) is 2.32. The van der Waals surface area contributed by atoms with Crippen molar-refractivity contribution in [2.45, 2.75) is 26.9 Å². The van der Waals surface area contributed by atoms with Crippen molar-refractivity contribution in [2.24, 2.45) is 5.92 Å². The third-order valence-corrected chi connectivity index (χ3v) is 3.47. The molecule has 108 valence electrons. The van der Waals surface area contributed by atoms with Gasteiger partial charge in [0.25, 0.3) is 0 Å². The molecule has 1 aliphatic rings. The minimum atomic E-state index is 0.711. The van der Waals surface area contributed by atoms with Crippen molar-refractivity contribution in [1.82, 2.24) is 14.8 Å². The Morgan fingerprint density at radius 2 is 2.05 bits per heavy atom. The maximum Gasteiger partial charge on any atom is 0.0594 e. The highest BCUT2D eigenvalue weighted by Gasteiger charge is 2.09. The minimum Gasteiger partial charge on any atom is -0.379 e. The topological polar surface area (TPSA) is 29.4 Å². The number of nitrogens with one attached hydrogen (secondary N) is 1. The van der Waals surface area contributed by atoms with Gasteiger partial charge in [-0.15, -0.1) is 0 Å². The molecule has 0 unspecified atom stereocenters. The summed E-state index contributed by atoms with van der Waals surface area (Å²) in [6, 6.07) is 2.21. The number of nitrogens with zero attached hydrogens (tertiary/aromatic N) is 2. The van der Waals surface area contributed by atoms with E-state index >= 15 is 0 Å². The van der Waals surface area contributed by atoms with E-state index in [9.17, 15) is 0 Å². The lowest BCUT2D eigenvalue weighted by Crippen LogP contribution is -2.38. The van der Waals surface area contributed by atoms with Crippen LogP contribution < -0.4 is 5.32 Å². The standard InChI is InChI=1S/C15H27N3O/c1-14(2)11-16-12-15-3-4-18(13-15)6-5-17-7-9-19-10-8-17/h3-4,13-14,16H,5-12H2,1-2H3. The molecule has 0 aliphatic carbocycles. The SMILES string of the molecule is CC(C)CNCc1ccn(CCN2CCOCC2)c1. The second-order valence-corrected chi connectivity index (χ2v) is 5.74. The van der Waals surface area contributed by atoms with E-state index in [1.807, 2.05) is 0 Å². The maximum absolute atomic E-state index is 5.36. The molecule has 2 rings (SSSR count). The largest absolute Gasteiger partial charge is 0.379 e. The molecule has 0 bridgehead atoms. The van der Waals surface area contributed by atoms with Crippen LogP contribution in [0.3, 0.4) is 0 Å². The van der Waals surface area contributed by atoms with E-state index in [-0.39, 0.29) is 0 Å². The first-order chi connectivity index (χ1) is 9.24. The Bertz CT molecular complexity index is 356. The van der Waals surface area contributed by atoms with Crippen LogP contribution in [0.2, 0.25) is 0 Å². The summed E-state index contributed by atoms with van der Waals surface area (Å²) < 4.78 is 7.66. The molecule has 1 aromatic rings. The van der Waals surface area contributed by atoms with Crippen molar-refractivity contribution >= 4 is 0 Å². The zero-order valence-electron chi connectivity index (χ0n) is 12.3. The van der Waals surface area contributed by atoms with Gasteiger partial charge in [0, 0.05) is 45.1 Å². The molecule has 0 atom stereocenters. The number of rotatable bonds is 7. The quantitative estimate of drug-likeness (QED) is 0.811. The lowest BCUT2D eigenvalue weighted by atomic mass is 10.2. The summed E-state index contributed by atoms with van der Waals surface area (Å²) in [4.78, 5) is 2.47. The van der Waals surface area contributed by atoms with Gasteiger partial charge >= 0.3 is 0 Å². The third-order valence-electron chi connectivity index (χ3n) is 3.47. The molecule has 0 radical (unpaired) electrons. The van der Waals surface area contributed by atoms with Crippen LogP contribution >= 0.6 is 0 Å². The molecule has 19 heavy (non-hydrogen) atoms. The van der Waals surface area contributed by atoms with Gasteiger partial charge in [-0.25, -0.2) is 0 Å². The molecule has 1 fully saturated rings. The number of ether oxygens (including phenoxy) is 1. The van der Waals surface area contributed by atoms with Gasteiger partial charge in [-0.3, -0.25) is 4.90 Å². The van der Waals surface area contributed by atoms with E-state index in [1.165, 1.54) is 5.56 Å². The summed E-state index contributed by atoms with van der Waals surface area (Å²) >= 11 is 0. The minimum absolute atomic E-state index is 0.711. The fourth-order valence-corrected chi connectivity index (χ4v) is 2.32. The smallest absolute Gasteiger partial charge is 0.0594 e. The van der Waals surface area contributed by atoms with Gasteiger partial charge in [-0.05, 0) is 24.1 Å². The first-order valence-corrected chi connectivity index (χ1v) is 7.39. The Hall–Kier alpha value is -0.840. The van der Waals surface area contributed by atoms with E-state index in [2.05, 4.69) is 47.1 Å². The van der Waals surface area contributed by atoms with Crippen molar-refractivity contribution < 1.29 is 4.74 Å². The molecule has 1 N–H and O–H groups in total. The van der Waals surface area contributed by atoms with Crippen molar-refractivity contribution in [3.63, 3.8) is 0 Å². The zero-order chi connectivity index (χ0) is 13.5. The van der Waals surface area contributed by atoms with Crippen molar-refractivity contribution in [2.75, 3.05) is 39.4 Å². The van der Waals surface area contributed by atoms with Gasteiger partial charge in [0.2, 0.25) is 0 Å². The third kappa shape index (κ3) is 5.35. The number of hydrogen-bond donors (Lipinski definition) is 1. The van der Waals surface area contributed by atoms with Crippen molar-refractivity contribution in [3.8, 4) is 0 Å². The van der Waals surface area contributed by atoms with Crippen molar-refractivity contribution in [1.29, 1.82) is 0 Å². The predicted octanol–water partition coefficient (Wildman–Crippen LogP) is 1.57. The van der Waals surface area contributed by atoms with Crippen LogP contribution in [-0.4, -0.2) is 48.9 Å². The fraction of sp³-hybridized carbons (Fsp3) is 0.733. The number of morpholine rings is 1. The Labute approximate surface area is 116 Å². The molecule has 1 aliphatic heterocycles. The second kappa shape index (κ2) is 7.68. The summed E-state index contributed by atoms with van der Waals surface area (Å²) in [5.74, 6) is 0.711. The van der Waals surface area contributed by atoms with E-state index in [0.29, 0.717) is 5.92 Å². The van der Waals surface area contributed by atoms with Crippen LogP contribution in [0.25, 0.3) is 0 Å². The second-order valence-electron chi connectivity index (χ2n) is 5.74. The Morgan fingerprint density at radius 3 is 2.79 bits per heavy atom. The van der Waals surface area contributed by atoms with Gasteiger partial charge < -0.3 is 14.6 Å². The molecule has 4 heteroatoms. The highest BCUT2D eigenvalue weighted by Crippen LogP contribution is 2.03. The van der Waals surface area contributed by atoms with Gasteiger partial charge in [0.05, 0.1) is 13.2 Å². The summed E-state index contributed by atoms with van der Waals surface area (Å²) in [5, 5.41) is 3.48. The Morgan fingerprint density at radius 1 is 1.26 bits per heavy atom. The molecule has 0 amide bonds. The van der Waals surface area contributed by atoms with Crippen LogP contribution in [0.1, 0.15) is 19.4 Å². The Balaban J connectivity index is 1.68. The van der Waals surface area contributed by atoms with Gasteiger partial charge in [-0.1, -0.05) is 13.8 Å². The molecule has 4 nitrogen and oxygen atoms in total. The lowest BCUT2D eigenvalue weighted by Gasteiger charge is -2.26. The molecule has 0 spiro atoms. The molecule has 1 saturated heterocycles. The average molecular weight is 265 g/mol. The zero-order valence-corrected chi connectivity index (χ0v) is 12.3. The molecule has 0 saturated carbocycles. The van der Waals surface area contributed by atoms with Crippen LogP contribution in [0.5, 0.6) is 0 Å².